The van der Waals surface area contributed by atoms with Gasteiger partial charge in [0, 0.05) is 24.5 Å². The van der Waals surface area contributed by atoms with Crippen LogP contribution >= 0.6 is 0 Å². The number of nitrogens with one attached hydrogen (secondary N) is 1. The molecule has 1 aliphatic rings. The van der Waals surface area contributed by atoms with E-state index >= 15 is 0 Å². The van der Waals surface area contributed by atoms with Gasteiger partial charge in [-0.05, 0) is 44.2 Å². The third-order valence-corrected chi connectivity index (χ3v) is 5.71. The maximum Gasteiger partial charge on any atom is 0.243 e. The Morgan fingerprint density at radius 1 is 1.12 bits per heavy atom. The van der Waals surface area contributed by atoms with E-state index in [0.29, 0.717) is 24.8 Å². The molecule has 1 N–H and O–H groups in total. The van der Waals surface area contributed by atoms with Crippen LogP contribution in [0.5, 0.6) is 5.75 Å². The Balaban J connectivity index is 1.64. The van der Waals surface area contributed by atoms with E-state index in [9.17, 15) is 8.42 Å². The first-order valence-corrected chi connectivity index (χ1v) is 9.05. The first-order valence-electron chi connectivity index (χ1n) is 7.61. The van der Waals surface area contributed by atoms with E-state index in [0.717, 1.165) is 11.4 Å². The molecule has 8 heteroatoms. The highest BCUT2D eigenvalue weighted by molar-refractivity contribution is 7.89. The lowest BCUT2D eigenvalue weighted by Crippen LogP contribution is -2.56. The molecule has 0 amide bonds. The van der Waals surface area contributed by atoms with Gasteiger partial charge < -0.3 is 10.1 Å². The maximum absolute atomic E-state index is 12.5. The number of aromatic nitrogens is 2. The summed E-state index contributed by atoms with van der Waals surface area (Å²) >= 11 is 0. The number of aryl methyl sites for hydroxylation is 2. The van der Waals surface area contributed by atoms with E-state index in [-0.39, 0.29) is 10.9 Å². The Hall–Kier alpha value is -2.19. The summed E-state index contributed by atoms with van der Waals surface area (Å²) in [5, 5.41) is 3.18. The third kappa shape index (κ3) is 3.34. The van der Waals surface area contributed by atoms with E-state index in [2.05, 4.69) is 15.3 Å². The van der Waals surface area contributed by atoms with Crippen LogP contribution in [0.2, 0.25) is 0 Å². The lowest BCUT2D eigenvalue weighted by Gasteiger charge is -2.38. The van der Waals surface area contributed by atoms with Crippen LogP contribution in [0.25, 0.3) is 0 Å². The van der Waals surface area contributed by atoms with Crippen LogP contribution in [0.3, 0.4) is 0 Å². The average molecular weight is 348 g/mol. The first-order chi connectivity index (χ1) is 11.4. The fourth-order valence-corrected chi connectivity index (χ4v) is 4.13. The highest BCUT2D eigenvalue weighted by atomic mass is 32.2. The lowest BCUT2D eigenvalue weighted by atomic mass is 10.2. The first kappa shape index (κ1) is 16.7. The molecule has 2 aromatic rings. The fourth-order valence-electron chi connectivity index (χ4n) is 2.60. The quantitative estimate of drug-likeness (QED) is 0.883. The number of hydrogen-bond acceptors (Lipinski definition) is 6. The van der Waals surface area contributed by atoms with Crippen molar-refractivity contribution in [1.29, 1.82) is 0 Å². The summed E-state index contributed by atoms with van der Waals surface area (Å²) in [6.07, 6.45) is 0. The number of rotatable bonds is 5. The molecule has 2 heterocycles. The molecular formula is C16H20N4O3S. The topological polar surface area (TPSA) is 84.4 Å². The van der Waals surface area contributed by atoms with Crippen molar-refractivity contribution in [3.63, 3.8) is 0 Å². The van der Waals surface area contributed by atoms with Gasteiger partial charge in [-0.3, -0.25) is 0 Å². The number of ether oxygens (including phenoxy) is 1. The van der Waals surface area contributed by atoms with Gasteiger partial charge in [0.25, 0.3) is 0 Å². The number of sulfonamides is 1. The Morgan fingerprint density at radius 3 is 2.25 bits per heavy atom. The Bertz CT molecular complexity index is 811. The van der Waals surface area contributed by atoms with Crippen LogP contribution in [-0.2, 0) is 10.0 Å². The number of hydrogen-bond donors (Lipinski definition) is 1. The van der Waals surface area contributed by atoms with Gasteiger partial charge in [0.05, 0.1) is 18.0 Å². The van der Waals surface area contributed by atoms with Crippen LogP contribution in [-0.4, -0.2) is 48.9 Å². The standard InChI is InChI=1S/C16H20N4O3S/c1-11-8-12(2)18-16(17-11)19-13-9-20(10-13)24(21,22)15-6-4-14(23-3)5-7-15/h4-8,13H,9-10H2,1-3H3,(H,17,18,19). The number of nitrogens with zero attached hydrogens (tertiary/aromatic N) is 3. The highest BCUT2D eigenvalue weighted by Gasteiger charge is 2.37. The van der Waals surface area contributed by atoms with Crippen molar-refractivity contribution in [2.24, 2.45) is 0 Å². The molecule has 128 valence electrons. The highest BCUT2D eigenvalue weighted by Crippen LogP contribution is 2.24. The number of benzene rings is 1. The molecule has 3 rings (SSSR count). The summed E-state index contributed by atoms with van der Waals surface area (Å²) in [6.45, 7) is 4.59. The molecule has 0 radical (unpaired) electrons. The second-order valence-electron chi connectivity index (χ2n) is 5.81. The van der Waals surface area contributed by atoms with Crippen molar-refractivity contribution in [3.8, 4) is 5.75 Å². The lowest BCUT2D eigenvalue weighted by molar-refractivity contribution is 0.280. The van der Waals surface area contributed by atoms with E-state index < -0.39 is 10.0 Å². The predicted octanol–water partition coefficient (Wildman–Crippen LogP) is 1.59. The molecule has 7 nitrogen and oxygen atoms in total. The molecule has 1 fully saturated rings. The van der Waals surface area contributed by atoms with Crippen LogP contribution < -0.4 is 10.1 Å². The SMILES string of the molecule is COc1ccc(S(=O)(=O)N2CC(Nc3nc(C)cc(C)n3)C2)cc1. The van der Waals surface area contributed by atoms with Gasteiger partial charge in [-0.25, -0.2) is 18.4 Å². The minimum Gasteiger partial charge on any atom is -0.497 e. The molecule has 0 saturated carbocycles. The zero-order valence-corrected chi connectivity index (χ0v) is 14.7. The zero-order chi connectivity index (χ0) is 17.3. The second kappa shape index (κ2) is 6.37. The predicted molar refractivity (Wildman–Crippen MR) is 90.7 cm³/mol. The van der Waals surface area contributed by atoms with Gasteiger partial charge in [-0.2, -0.15) is 4.31 Å². The van der Waals surface area contributed by atoms with Crippen molar-refractivity contribution >= 4 is 16.0 Å². The smallest absolute Gasteiger partial charge is 0.243 e. The summed E-state index contributed by atoms with van der Waals surface area (Å²) in [5.41, 5.74) is 1.76. The van der Waals surface area contributed by atoms with E-state index in [1.165, 1.54) is 4.31 Å². The van der Waals surface area contributed by atoms with Crippen LogP contribution in [0.1, 0.15) is 11.4 Å². The molecule has 1 aromatic carbocycles. The minimum atomic E-state index is -3.47. The number of anilines is 1. The Morgan fingerprint density at radius 2 is 1.71 bits per heavy atom. The van der Waals surface area contributed by atoms with Gasteiger partial charge >= 0.3 is 0 Å². The fraction of sp³-hybridized carbons (Fsp3) is 0.375. The molecule has 1 aromatic heterocycles. The van der Waals surface area contributed by atoms with Crippen molar-refractivity contribution in [2.45, 2.75) is 24.8 Å². The van der Waals surface area contributed by atoms with Gasteiger partial charge in [0.15, 0.2) is 0 Å². The van der Waals surface area contributed by atoms with Crippen LogP contribution in [0.4, 0.5) is 5.95 Å². The van der Waals surface area contributed by atoms with E-state index in [4.69, 9.17) is 4.74 Å². The molecule has 24 heavy (non-hydrogen) atoms. The summed E-state index contributed by atoms with van der Waals surface area (Å²) in [5.74, 6) is 1.17. The summed E-state index contributed by atoms with van der Waals surface area (Å²) in [6, 6.07) is 8.31. The van der Waals surface area contributed by atoms with Crippen molar-refractivity contribution in [1.82, 2.24) is 14.3 Å². The van der Waals surface area contributed by atoms with E-state index in [1.807, 2.05) is 19.9 Å². The molecule has 1 saturated heterocycles. The Kier molecular flexibility index (Phi) is 4.42. The maximum atomic E-state index is 12.5. The molecule has 1 aliphatic heterocycles. The van der Waals surface area contributed by atoms with Gasteiger partial charge in [0.2, 0.25) is 16.0 Å². The Labute approximate surface area is 141 Å². The molecule has 0 unspecified atom stereocenters. The summed E-state index contributed by atoms with van der Waals surface area (Å²) in [4.78, 5) is 8.90. The monoisotopic (exact) mass is 348 g/mol. The second-order valence-corrected chi connectivity index (χ2v) is 7.75. The zero-order valence-electron chi connectivity index (χ0n) is 13.9. The van der Waals surface area contributed by atoms with Crippen molar-refractivity contribution in [3.05, 3.63) is 41.7 Å². The molecule has 0 aliphatic carbocycles. The van der Waals surface area contributed by atoms with Gasteiger partial charge in [-0.15, -0.1) is 0 Å². The summed E-state index contributed by atoms with van der Waals surface area (Å²) < 4.78 is 31.6. The average Bonchev–Trinajstić information content (AvgIpc) is 2.49. The molecule has 0 bridgehead atoms. The minimum absolute atomic E-state index is 0.0132. The molecular weight excluding hydrogens is 328 g/mol. The van der Waals surface area contributed by atoms with Gasteiger partial charge in [-0.1, -0.05) is 0 Å². The number of methoxy groups -OCH3 is 1. The normalized spacial score (nSPS) is 15.8. The molecule has 0 spiro atoms. The van der Waals surface area contributed by atoms with E-state index in [1.54, 1.807) is 31.4 Å². The molecule has 0 atom stereocenters. The van der Waals surface area contributed by atoms with Crippen LogP contribution in [0, 0.1) is 13.8 Å². The summed E-state index contributed by atoms with van der Waals surface area (Å²) in [7, 11) is -1.93. The van der Waals surface area contributed by atoms with Crippen molar-refractivity contribution < 1.29 is 13.2 Å². The third-order valence-electron chi connectivity index (χ3n) is 3.86. The largest absolute Gasteiger partial charge is 0.497 e. The van der Waals surface area contributed by atoms with Crippen molar-refractivity contribution in [2.75, 3.05) is 25.5 Å². The van der Waals surface area contributed by atoms with Crippen LogP contribution in [0.15, 0.2) is 35.2 Å². The van der Waals surface area contributed by atoms with Gasteiger partial charge in [0.1, 0.15) is 5.75 Å².